The molecule has 0 aliphatic rings. The minimum atomic E-state index is -4.22. The molecule has 1 unspecified atom stereocenters. The minimum Gasteiger partial charge on any atom is -0.322 e. The monoisotopic (exact) mass is 199 g/mol. The van der Waals surface area contributed by atoms with Gasteiger partial charge >= 0.3 is 6.18 Å². The van der Waals surface area contributed by atoms with Crippen LogP contribution in [0.3, 0.4) is 0 Å². The third kappa shape index (κ3) is 11.4. The molecule has 0 aliphatic carbocycles. The fourth-order valence-corrected chi connectivity index (χ4v) is 0.522. The molecular weight excluding hydrogens is 183 g/mol. The van der Waals surface area contributed by atoms with E-state index in [2.05, 4.69) is 0 Å². The van der Waals surface area contributed by atoms with Crippen molar-refractivity contribution in [1.29, 1.82) is 0 Å². The predicted molar refractivity (Wildman–Crippen MR) is 45.3 cm³/mol. The molecule has 0 aromatic heterocycles. The number of ketones is 1. The van der Waals surface area contributed by atoms with Crippen molar-refractivity contribution in [3.05, 3.63) is 0 Å². The number of rotatable bonds is 3. The van der Waals surface area contributed by atoms with E-state index in [9.17, 15) is 18.0 Å². The standard InChI is InChI=1S/C6H10F3NO.C2H6/c1-4(11)5(10)2-3-6(7,8)9;1-2/h5H,2-3,10H2,1H3;1-2H3. The Kier molecular flexibility index (Phi) is 7.90. The van der Waals surface area contributed by atoms with Gasteiger partial charge in [0.25, 0.3) is 0 Å². The third-order valence-electron chi connectivity index (χ3n) is 1.26. The first-order chi connectivity index (χ1) is 5.83. The first kappa shape index (κ1) is 14.9. The van der Waals surface area contributed by atoms with Gasteiger partial charge in [0.1, 0.15) is 5.78 Å². The zero-order valence-electron chi connectivity index (χ0n) is 8.11. The van der Waals surface area contributed by atoms with E-state index in [0.717, 1.165) is 0 Å². The SMILES string of the molecule is CC.CC(=O)C(N)CCC(F)(F)F. The summed E-state index contributed by atoms with van der Waals surface area (Å²) in [6.07, 6.45) is -5.53. The Morgan fingerprint density at radius 2 is 1.77 bits per heavy atom. The van der Waals surface area contributed by atoms with Crippen LogP contribution in [0.1, 0.15) is 33.6 Å². The van der Waals surface area contributed by atoms with Gasteiger partial charge in [-0.15, -0.1) is 0 Å². The summed E-state index contributed by atoms with van der Waals surface area (Å²) in [6, 6.07) is -0.975. The second kappa shape index (κ2) is 6.88. The molecule has 2 nitrogen and oxygen atoms in total. The topological polar surface area (TPSA) is 43.1 Å². The molecule has 0 saturated heterocycles. The van der Waals surface area contributed by atoms with Gasteiger partial charge in [0.2, 0.25) is 0 Å². The Bertz CT molecular complexity index is 145. The summed E-state index contributed by atoms with van der Waals surface area (Å²) >= 11 is 0. The van der Waals surface area contributed by atoms with Crippen LogP contribution in [-0.2, 0) is 4.79 Å². The van der Waals surface area contributed by atoms with Crippen molar-refractivity contribution >= 4 is 5.78 Å². The van der Waals surface area contributed by atoms with Crippen LogP contribution in [0.2, 0.25) is 0 Å². The van der Waals surface area contributed by atoms with Crippen molar-refractivity contribution in [3.8, 4) is 0 Å². The maximum atomic E-state index is 11.5. The molecule has 0 rings (SSSR count). The average Bonchev–Trinajstić information content (AvgIpc) is 2.02. The smallest absolute Gasteiger partial charge is 0.322 e. The maximum absolute atomic E-state index is 11.5. The molecule has 0 aromatic rings. The number of carbonyl (C=O) groups is 1. The lowest BCUT2D eigenvalue weighted by molar-refractivity contribution is -0.137. The fourth-order valence-electron chi connectivity index (χ4n) is 0.522. The molecule has 0 aliphatic heterocycles. The van der Waals surface area contributed by atoms with Gasteiger partial charge in [-0.25, -0.2) is 0 Å². The largest absolute Gasteiger partial charge is 0.389 e. The highest BCUT2D eigenvalue weighted by Gasteiger charge is 2.28. The highest BCUT2D eigenvalue weighted by atomic mass is 19.4. The summed E-state index contributed by atoms with van der Waals surface area (Å²) in [4.78, 5) is 10.4. The number of hydrogen-bond acceptors (Lipinski definition) is 2. The third-order valence-corrected chi connectivity index (χ3v) is 1.26. The number of nitrogens with two attached hydrogens (primary N) is 1. The Hall–Kier alpha value is -0.580. The van der Waals surface area contributed by atoms with Gasteiger partial charge in [0.15, 0.2) is 0 Å². The number of hydrogen-bond donors (Lipinski definition) is 1. The first-order valence-corrected chi connectivity index (χ1v) is 4.15. The predicted octanol–water partition coefficient (Wildman–Crippen LogP) is 2.27. The van der Waals surface area contributed by atoms with Crippen LogP contribution in [0.25, 0.3) is 0 Å². The second-order valence-electron chi connectivity index (χ2n) is 2.37. The Labute approximate surface area is 76.3 Å². The Morgan fingerprint density at radius 3 is 2.00 bits per heavy atom. The number of halogens is 3. The summed E-state index contributed by atoms with van der Waals surface area (Å²) in [6.45, 7) is 5.18. The van der Waals surface area contributed by atoms with Crippen molar-refractivity contribution in [2.45, 2.75) is 45.8 Å². The molecule has 1 atom stereocenters. The first-order valence-electron chi connectivity index (χ1n) is 4.15. The highest BCUT2D eigenvalue weighted by molar-refractivity contribution is 5.81. The summed E-state index contributed by atoms with van der Waals surface area (Å²) in [5, 5.41) is 0. The minimum absolute atomic E-state index is 0.321. The highest BCUT2D eigenvalue weighted by Crippen LogP contribution is 2.21. The molecule has 0 fully saturated rings. The van der Waals surface area contributed by atoms with Gasteiger partial charge in [0.05, 0.1) is 6.04 Å². The lowest BCUT2D eigenvalue weighted by Gasteiger charge is -2.09. The van der Waals surface area contributed by atoms with Crippen LogP contribution in [0.15, 0.2) is 0 Å². The van der Waals surface area contributed by atoms with Gasteiger partial charge in [-0.3, -0.25) is 4.79 Å². The van der Waals surface area contributed by atoms with Crippen molar-refractivity contribution in [2.75, 3.05) is 0 Å². The zero-order chi connectivity index (χ0) is 11.1. The van der Waals surface area contributed by atoms with Gasteiger partial charge in [0, 0.05) is 6.42 Å². The molecule has 0 bridgehead atoms. The van der Waals surface area contributed by atoms with Crippen LogP contribution < -0.4 is 5.73 Å². The van der Waals surface area contributed by atoms with E-state index in [1.165, 1.54) is 6.92 Å². The number of carbonyl (C=O) groups excluding carboxylic acids is 1. The van der Waals surface area contributed by atoms with Crippen molar-refractivity contribution in [1.82, 2.24) is 0 Å². The molecule has 0 radical (unpaired) electrons. The Balaban J connectivity index is 0. The van der Waals surface area contributed by atoms with Crippen molar-refractivity contribution in [2.24, 2.45) is 5.73 Å². The number of alkyl halides is 3. The Morgan fingerprint density at radius 1 is 1.38 bits per heavy atom. The van der Waals surface area contributed by atoms with Crippen LogP contribution in [0, 0.1) is 0 Å². The van der Waals surface area contributed by atoms with E-state index in [0.29, 0.717) is 0 Å². The molecule has 5 heteroatoms. The van der Waals surface area contributed by atoms with Crippen molar-refractivity contribution in [3.63, 3.8) is 0 Å². The van der Waals surface area contributed by atoms with E-state index in [1.807, 2.05) is 13.8 Å². The molecular formula is C8H16F3NO. The molecule has 13 heavy (non-hydrogen) atoms. The van der Waals surface area contributed by atoms with Gasteiger partial charge in [-0.05, 0) is 13.3 Å². The average molecular weight is 199 g/mol. The fraction of sp³-hybridized carbons (Fsp3) is 0.875. The van der Waals surface area contributed by atoms with E-state index in [-0.39, 0.29) is 6.42 Å². The molecule has 0 aromatic carbocycles. The van der Waals surface area contributed by atoms with Crippen molar-refractivity contribution < 1.29 is 18.0 Å². The lowest BCUT2D eigenvalue weighted by atomic mass is 10.1. The van der Waals surface area contributed by atoms with Gasteiger partial charge < -0.3 is 5.73 Å². The summed E-state index contributed by atoms with van der Waals surface area (Å²) < 4.78 is 34.5. The number of Topliss-reactive ketones (excluding diaryl/α,β-unsaturated/α-hetero) is 1. The van der Waals surface area contributed by atoms with E-state index < -0.39 is 24.4 Å². The van der Waals surface area contributed by atoms with E-state index in [4.69, 9.17) is 5.73 Å². The normalized spacial score (nSPS) is 12.8. The molecule has 0 heterocycles. The zero-order valence-corrected chi connectivity index (χ0v) is 8.11. The van der Waals surface area contributed by atoms with Crippen LogP contribution in [0.4, 0.5) is 13.2 Å². The van der Waals surface area contributed by atoms with Crippen LogP contribution in [-0.4, -0.2) is 18.0 Å². The van der Waals surface area contributed by atoms with Crippen LogP contribution in [0.5, 0.6) is 0 Å². The molecule has 0 amide bonds. The lowest BCUT2D eigenvalue weighted by Crippen LogP contribution is -2.29. The van der Waals surface area contributed by atoms with E-state index in [1.54, 1.807) is 0 Å². The quantitative estimate of drug-likeness (QED) is 0.757. The summed E-state index contributed by atoms with van der Waals surface area (Å²) in [7, 11) is 0. The van der Waals surface area contributed by atoms with Crippen LogP contribution >= 0.6 is 0 Å². The van der Waals surface area contributed by atoms with Gasteiger partial charge in [-0.2, -0.15) is 13.2 Å². The van der Waals surface area contributed by atoms with Gasteiger partial charge in [-0.1, -0.05) is 13.8 Å². The second-order valence-corrected chi connectivity index (χ2v) is 2.37. The van der Waals surface area contributed by atoms with E-state index >= 15 is 0 Å². The maximum Gasteiger partial charge on any atom is 0.389 e. The summed E-state index contributed by atoms with van der Waals surface area (Å²) in [5.41, 5.74) is 5.07. The molecule has 80 valence electrons. The summed E-state index contributed by atoms with van der Waals surface area (Å²) in [5.74, 6) is -0.408. The molecule has 0 saturated carbocycles. The molecule has 2 N–H and O–H groups in total. The molecule has 0 spiro atoms.